The number of hydrogen-bond acceptors (Lipinski definition) is 3. The van der Waals surface area contributed by atoms with Crippen LogP contribution in [0.5, 0.6) is 0 Å². The zero-order valence-corrected chi connectivity index (χ0v) is 7.97. The molecular formula is C3H4KN3O2. The molecule has 0 bridgehead atoms. The summed E-state index contributed by atoms with van der Waals surface area (Å²) >= 11 is 0. The zero-order chi connectivity index (χ0) is 5.98. The average molecular weight is 153 g/mol. The second-order valence-corrected chi connectivity index (χ2v) is 1.13. The van der Waals surface area contributed by atoms with Crippen molar-refractivity contribution in [1.29, 1.82) is 0 Å². The fourth-order valence-electron chi connectivity index (χ4n) is 0.310. The first kappa shape index (κ1) is 9.25. The molecule has 0 amide bonds. The Morgan fingerprint density at radius 1 is 1.78 bits per heavy atom. The van der Waals surface area contributed by atoms with E-state index in [1.54, 1.807) is 0 Å². The van der Waals surface area contributed by atoms with Gasteiger partial charge >= 0.3 is 57.5 Å². The summed E-state index contributed by atoms with van der Waals surface area (Å²) in [6.07, 6.45) is 1.43. The Labute approximate surface area is 95.0 Å². The number of rotatable bonds is 0. The van der Waals surface area contributed by atoms with E-state index in [1.807, 2.05) is 0 Å². The summed E-state index contributed by atoms with van der Waals surface area (Å²) in [5.74, 6) is 0. The van der Waals surface area contributed by atoms with Crippen LogP contribution in [0.1, 0.15) is 1.43 Å². The van der Waals surface area contributed by atoms with Crippen molar-refractivity contribution in [2.75, 3.05) is 0 Å². The van der Waals surface area contributed by atoms with Crippen molar-refractivity contribution < 1.29 is 62.7 Å². The van der Waals surface area contributed by atoms with Crippen molar-refractivity contribution in [2.24, 2.45) is 0 Å². The third-order valence-electron chi connectivity index (χ3n) is 0.619. The minimum Gasteiger partial charge on any atom is -1.00 e. The van der Waals surface area contributed by atoms with Gasteiger partial charge in [0.15, 0.2) is 0 Å². The Kier molecular flexibility index (Phi) is 4.24. The van der Waals surface area contributed by atoms with Gasteiger partial charge in [-0.05, 0) is 0 Å². The summed E-state index contributed by atoms with van der Waals surface area (Å²) < 4.78 is 0.722. The summed E-state index contributed by atoms with van der Waals surface area (Å²) in [5.41, 5.74) is 0. The van der Waals surface area contributed by atoms with Crippen molar-refractivity contribution in [3.8, 4) is 0 Å². The minimum atomic E-state index is -1.12. The molecule has 0 aromatic carbocycles. The first-order valence-corrected chi connectivity index (χ1v) is 1.90. The minimum absolute atomic E-state index is 0. The summed E-state index contributed by atoms with van der Waals surface area (Å²) in [7, 11) is 0. The van der Waals surface area contributed by atoms with Crippen molar-refractivity contribution in [3.63, 3.8) is 0 Å². The van der Waals surface area contributed by atoms with Gasteiger partial charge in [0.25, 0.3) is 0 Å². The molecule has 1 rings (SSSR count). The van der Waals surface area contributed by atoms with E-state index in [0.29, 0.717) is 0 Å². The Bertz CT molecular complexity index is 190. The van der Waals surface area contributed by atoms with Gasteiger partial charge in [-0.3, -0.25) is 0 Å². The summed E-state index contributed by atoms with van der Waals surface area (Å²) in [5, 5.41) is 14.6. The van der Waals surface area contributed by atoms with Gasteiger partial charge in [0.05, 0.1) is 12.4 Å². The molecule has 5 nitrogen and oxygen atoms in total. The van der Waals surface area contributed by atoms with Crippen molar-refractivity contribution >= 4 is 6.09 Å². The van der Waals surface area contributed by atoms with Crippen LogP contribution in [0.3, 0.4) is 0 Å². The van der Waals surface area contributed by atoms with Gasteiger partial charge in [-0.25, -0.2) is 4.79 Å². The molecule has 44 valence electrons. The molecule has 0 atom stereocenters. The van der Waals surface area contributed by atoms with Crippen LogP contribution in [-0.2, 0) is 0 Å². The standard InChI is InChI=1S/C3H3N3O2.K.H/c7-3(8)6-2-1-4-5-6;;/h1-2H,(H,7,8);;/q;+1;-1. The van der Waals surface area contributed by atoms with Gasteiger partial charge < -0.3 is 6.53 Å². The van der Waals surface area contributed by atoms with E-state index in [-0.39, 0.29) is 52.8 Å². The van der Waals surface area contributed by atoms with Gasteiger partial charge in [0.1, 0.15) is 0 Å². The SMILES string of the molecule is O=C(O)n1ccnn1.[H-].[K+]. The summed E-state index contributed by atoms with van der Waals surface area (Å²) in [4.78, 5) is 9.92. The van der Waals surface area contributed by atoms with Crippen LogP contribution in [0.2, 0.25) is 0 Å². The van der Waals surface area contributed by atoms with Crippen LogP contribution in [0, 0.1) is 0 Å². The Morgan fingerprint density at radius 2 is 2.44 bits per heavy atom. The van der Waals surface area contributed by atoms with Gasteiger partial charge in [-0.15, -0.1) is 5.10 Å². The van der Waals surface area contributed by atoms with Crippen LogP contribution >= 0.6 is 0 Å². The molecule has 0 saturated heterocycles. The number of nitrogens with zero attached hydrogens (tertiary/aromatic N) is 3. The van der Waals surface area contributed by atoms with Crippen molar-refractivity contribution in [1.82, 2.24) is 15.0 Å². The molecule has 1 N–H and O–H groups in total. The first-order chi connectivity index (χ1) is 3.80. The Morgan fingerprint density at radius 3 is 2.67 bits per heavy atom. The van der Waals surface area contributed by atoms with Crippen molar-refractivity contribution in [3.05, 3.63) is 12.4 Å². The average Bonchev–Trinajstić information content (AvgIpc) is 2.12. The predicted octanol–water partition coefficient (Wildman–Crippen LogP) is -3.08. The molecule has 1 aromatic heterocycles. The Hall–Kier alpha value is 0.246. The summed E-state index contributed by atoms with van der Waals surface area (Å²) in [6.45, 7) is 0. The third kappa shape index (κ3) is 2.54. The molecule has 0 aliphatic heterocycles. The molecule has 9 heavy (non-hydrogen) atoms. The van der Waals surface area contributed by atoms with E-state index in [2.05, 4.69) is 10.3 Å². The predicted molar refractivity (Wildman–Crippen MR) is 24.6 cm³/mol. The van der Waals surface area contributed by atoms with E-state index in [0.717, 1.165) is 4.68 Å². The topological polar surface area (TPSA) is 68.0 Å². The maximum Gasteiger partial charge on any atom is 1.00 e. The molecule has 0 aliphatic carbocycles. The van der Waals surface area contributed by atoms with E-state index in [9.17, 15) is 4.79 Å². The van der Waals surface area contributed by atoms with Crippen LogP contribution in [0.4, 0.5) is 4.79 Å². The smallest absolute Gasteiger partial charge is 1.00 e. The molecule has 0 radical (unpaired) electrons. The summed E-state index contributed by atoms with van der Waals surface area (Å²) in [6, 6.07) is 0. The van der Waals surface area contributed by atoms with Gasteiger partial charge in [0, 0.05) is 0 Å². The molecule has 1 heterocycles. The molecule has 0 unspecified atom stereocenters. The van der Waals surface area contributed by atoms with Crippen LogP contribution < -0.4 is 51.4 Å². The van der Waals surface area contributed by atoms with Gasteiger partial charge in [0.2, 0.25) is 0 Å². The van der Waals surface area contributed by atoms with Crippen molar-refractivity contribution in [2.45, 2.75) is 0 Å². The normalized spacial score (nSPS) is 8.00. The molecule has 0 spiro atoms. The fraction of sp³-hybridized carbons (Fsp3) is 0. The number of aromatic nitrogens is 3. The zero-order valence-electron chi connectivity index (χ0n) is 5.85. The van der Waals surface area contributed by atoms with Crippen LogP contribution in [0.15, 0.2) is 12.4 Å². The van der Waals surface area contributed by atoms with E-state index in [1.165, 1.54) is 12.4 Å². The fourth-order valence-corrected chi connectivity index (χ4v) is 0.310. The number of carbonyl (C=O) groups is 1. The largest absolute Gasteiger partial charge is 1.00 e. The second-order valence-electron chi connectivity index (χ2n) is 1.13. The van der Waals surface area contributed by atoms with Crippen LogP contribution in [-0.4, -0.2) is 26.2 Å². The molecule has 0 saturated carbocycles. The maximum absolute atomic E-state index is 9.92. The molecular weight excluding hydrogens is 149 g/mol. The quantitative estimate of drug-likeness (QED) is 0.401. The molecule has 1 aromatic rings. The van der Waals surface area contributed by atoms with Gasteiger partial charge in [-0.1, -0.05) is 5.21 Å². The number of carboxylic acid groups (broad SMARTS) is 1. The van der Waals surface area contributed by atoms with Gasteiger partial charge in [-0.2, -0.15) is 4.68 Å². The number of hydrogen-bond donors (Lipinski definition) is 1. The van der Waals surface area contributed by atoms with Crippen LogP contribution in [0.25, 0.3) is 0 Å². The Balaban J connectivity index is 0. The van der Waals surface area contributed by atoms with E-state index >= 15 is 0 Å². The maximum atomic E-state index is 9.92. The second kappa shape index (κ2) is 4.12. The first-order valence-electron chi connectivity index (χ1n) is 1.90. The molecule has 0 aliphatic rings. The third-order valence-corrected chi connectivity index (χ3v) is 0.619. The molecule has 6 heteroatoms. The van der Waals surface area contributed by atoms with E-state index < -0.39 is 6.09 Å². The monoisotopic (exact) mass is 153 g/mol. The van der Waals surface area contributed by atoms with E-state index in [4.69, 9.17) is 5.11 Å². The molecule has 0 fully saturated rings.